The number of halogens is 2. The summed E-state index contributed by atoms with van der Waals surface area (Å²) in [6.07, 6.45) is 3.60. The maximum absolute atomic E-state index is 12.5. The van der Waals surface area contributed by atoms with Crippen molar-refractivity contribution in [3.8, 4) is 0 Å². The molecule has 0 aromatic carbocycles. The Morgan fingerprint density at radius 2 is 1.83 bits per heavy atom. The van der Waals surface area contributed by atoms with Gasteiger partial charge in [-0.25, -0.2) is 0 Å². The highest BCUT2D eigenvalue weighted by atomic mass is 35.5. The number of hydrogen-bond acceptors (Lipinski definition) is 4. The van der Waals surface area contributed by atoms with Crippen LogP contribution in [0.1, 0.15) is 46.5 Å². The number of hydrogen-bond donors (Lipinski definition) is 2. The Kier molecular flexibility index (Phi) is 14.5. The van der Waals surface area contributed by atoms with Crippen molar-refractivity contribution in [2.24, 2.45) is 11.1 Å². The van der Waals surface area contributed by atoms with E-state index in [1.165, 1.54) is 0 Å². The van der Waals surface area contributed by atoms with E-state index in [1.807, 2.05) is 0 Å². The van der Waals surface area contributed by atoms with E-state index in [2.05, 4.69) is 31.0 Å². The van der Waals surface area contributed by atoms with Gasteiger partial charge >= 0.3 is 0 Å². The highest BCUT2D eigenvalue weighted by molar-refractivity contribution is 5.85. The van der Waals surface area contributed by atoms with Crippen molar-refractivity contribution in [3.05, 3.63) is 0 Å². The quantitative estimate of drug-likeness (QED) is 0.651. The van der Waals surface area contributed by atoms with Gasteiger partial charge in [0.15, 0.2) is 0 Å². The van der Waals surface area contributed by atoms with Crippen LogP contribution in [0, 0.1) is 5.41 Å². The second kappa shape index (κ2) is 13.2. The second-order valence-electron chi connectivity index (χ2n) is 6.14. The number of nitrogens with two attached hydrogens (primary N) is 1. The Morgan fingerprint density at radius 1 is 1.26 bits per heavy atom. The van der Waals surface area contributed by atoms with E-state index in [9.17, 15) is 4.79 Å². The monoisotopic (exact) mass is 371 g/mol. The molecule has 0 aliphatic carbocycles. The zero-order valence-electron chi connectivity index (χ0n) is 14.8. The first-order chi connectivity index (χ1) is 10.1. The Labute approximate surface area is 153 Å². The molecule has 1 unspecified atom stereocenters. The number of nitrogens with one attached hydrogen (secondary N) is 1. The predicted molar refractivity (Wildman–Crippen MR) is 101 cm³/mol. The maximum Gasteiger partial charge on any atom is 0.227 e. The van der Waals surface area contributed by atoms with Crippen molar-refractivity contribution >= 4 is 30.7 Å². The average molecular weight is 372 g/mol. The molecule has 1 amide bonds. The zero-order valence-corrected chi connectivity index (χ0v) is 16.4. The van der Waals surface area contributed by atoms with Crippen LogP contribution in [0.2, 0.25) is 0 Å². The number of amides is 1. The second-order valence-corrected chi connectivity index (χ2v) is 6.14. The van der Waals surface area contributed by atoms with Crippen LogP contribution < -0.4 is 11.1 Å². The lowest BCUT2D eigenvalue weighted by Crippen LogP contribution is -2.51. The van der Waals surface area contributed by atoms with Gasteiger partial charge in [-0.1, -0.05) is 13.8 Å². The fourth-order valence-corrected chi connectivity index (χ4v) is 2.90. The topological polar surface area (TPSA) is 67.6 Å². The van der Waals surface area contributed by atoms with Crippen LogP contribution in [-0.4, -0.2) is 56.2 Å². The standard InChI is InChI=1S/C16H33N3O2.2ClH/c1-4-19(5-2)10-6-7-14(3)18-15(20)16(13-17)8-11-21-12-9-16;;/h14H,4-13,17H2,1-3H3,(H,18,20);2*1H. The molecule has 1 aliphatic heterocycles. The van der Waals surface area contributed by atoms with Gasteiger partial charge in [-0.2, -0.15) is 0 Å². The molecule has 23 heavy (non-hydrogen) atoms. The summed E-state index contributed by atoms with van der Waals surface area (Å²) in [5, 5.41) is 3.16. The molecule has 5 nitrogen and oxygen atoms in total. The summed E-state index contributed by atoms with van der Waals surface area (Å²) >= 11 is 0. The summed E-state index contributed by atoms with van der Waals surface area (Å²) in [4.78, 5) is 14.9. The van der Waals surface area contributed by atoms with E-state index >= 15 is 0 Å². The minimum Gasteiger partial charge on any atom is -0.381 e. The molecule has 7 heteroatoms. The van der Waals surface area contributed by atoms with Crippen LogP contribution in [0.4, 0.5) is 0 Å². The fraction of sp³-hybridized carbons (Fsp3) is 0.938. The van der Waals surface area contributed by atoms with E-state index in [4.69, 9.17) is 10.5 Å². The van der Waals surface area contributed by atoms with Crippen LogP contribution in [0.15, 0.2) is 0 Å². The van der Waals surface area contributed by atoms with E-state index in [0.717, 1.165) is 45.3 Å². The van der Waals surface area contributed by atoms with E-state index in [1.54, 1.807) is 0 Å². The lowest BCUT2D eigenvalue weighted by Gasteiger charge is -2.35. The van der Waals surface area contributed by atoms with E-state index < -0.39 is 5.41 Å². The molecule has 1 aliphatic rings. The van der Waals surface area contributed by atoms with Crippen molar-refractivity contribution in [3.63, 3.8) is 0 Å². The molecule has 1 rings (SSSR count). The van der Waals surface area contributed by atoms with Gasteiger partial charge in [0.1, 0.15) is 0 Å². The normalized spacial score (nSPS) is 17.8. The molecule has 1 atom stereocenters. The molecular weight excluding hydrogens is 337 g/mol. The Bertz CT molecular complexity index is 310. The van der Waals surface area contributed by atoms with Crippen LogP contribution in [0.5, 0.6) is 0 Å². The highest BCUT2D eigenvalue weighted by Crippen LogP contribution is 2.29. The van der Waals surface area contributed by atoms with Gasteiger partial charge in [0.25, 0.3) is 0 Å². The molecule has 0 radical (unpaired) electrons. The van der Waals surface area contributed by atoms with Crippen LogP contribution >= 0.6 is 24.8 Å². The first-order valence-electron chi connectivity index (χ1n) is 8.39. The van der Waals surface area contributed by atoms with Crippen molar-refractivity contribution in [1.82, 2.24) is 10.2 Å². The predicted octanol–water partition coefficient (Wildman–Crippen LogP) is 2.21. The minimum absolute atomic E-state index is 0. The molecule has 0 spiro atoms. The van der Waals surface area contributed by atoms with E-state index in [-0.39, 0.29) is 36.8 Å². The third-order valence-corrected chi connectivity index (χ3v) is 4.71. The number of ether oxygens (including phenoxy) is 1. The van der Waals surface area contributed by atoms with Gasteiger partial charge in [-0.05, 0) is 52.2 Å². The van der Waals surface area contributed by atoms with Crippen molar-refractivity contribution < 1.29 is 9.53 Å². The molecule has 3 N–H and O–H groups in total. The van der Waals surface area contributed by atoms with Gasteiger partial charge in [0.2, 0.25) is 5.91 Å². The molecule has 0 aromatic rings. The molecule has 140 valence electrons. The summed E-state index contributed by atoms with van der Waals surface area (Å²) in [6.45, 7) is 11.4. The van der Waals surface area contributed by atoms with Crippen LogP contribution in [-0.2, 0) is 9.53 Å². The molecule has 0 saturated carbocycles. The minimum atomic E-state index is -0.411. The Hall–Kier alpha value is -0.0700. The smallest absolute Gasteiger partial charge is 0.227 e. The highest BCUT2D eigenvalue weighted by Gasteiger charge is 2.39. The van der Waals surface area contributed by atoms with Gasteiger partial charge < -0.3 is 20.7 Å². The number of carbonyl (C=O) groups excluding carboxylic acids is 1. The SMILES string of the molecule is CCN(CC)CCCC(C)NC(=O)C1(CN)CCOCC1.Cl.Cl. The summed E-state index contributed by atoms with van der Waals surface area (Å²) in [6, 6.07) is 0.208. The van der Waals surface area contributed by atoms with Gasteiger partial charge in [0.05, 0.1) is 5.41 Å². The largest absolute Gasteiger partial charge is 0.381 e. The van der Waals surface area contributed by atoms with Crippen molar-refractivity contribution in [1.29, 1.82) is 0 Å². The third kappa shape index (κ3) is 8.03. The fourth-order valence-electron chi connectivity index (χ4n) is 2.90. The first-order valence-corrected chi connectivity index (χ1v) is 8.39. The molecule has 1 saturated heterocycles. The molecule has 0 aromatic heterocycles. The van der Waals surface area contributed by atoms with Crippen molar-refractivity contribution in [2.45, 2.75) is 52.5 Å². The average Bonchev–Trinajstić information content (AvgIpc) is 2.52. The van der Waals surface area contributed by atoms with Gasteiger partial charge in [0, 0.05) is 25.8 Å². The van der Waals surface area contributed by atoms with E-state index in [0.29, 0.717) is 19.8 Å². The summed E-state index contributed by atoms with van der Waals surface area (Å²) < 4.78 is 5.36. The number of nitrogens with zero attached hydrogens (tertiary/aromatic N) is 1. The molecule has 0 bridgehead atoms. The first kappa shape index (κ1) is 25.2. The van der Waals surface area contributed by atoms with Gasteiger partial charge in [-0.15, -0.1) is 24.8 Å². The zero-order chi connectivity index (χ0) is 15.7. The number of carbonyl (C=O) groups is 1. The van der Waals surface area contributed by atoms with Gasteiger partial charge in [-0.3, -0.25) is 4.79 Å². The number of rotatable bonds is 9. The van der Waals surface area contributed by atoms with Crippen LogP contribution in [0.3, 0.4) is 0 Å². The Morgan fingerprint density at radius 3 is 2.30 bits per heavy atom. The summed E-state index contributed by atoms with van der Waals surface area (Å²) in [5.41, 5.74) is 5.46. The van der Waals surface area contributed by atoms with Crippen LogP contribution in [0.25, 0.3) is 0 Å². The lowest BCUT2D eigenvalue weighted by atomic mass is 9.79. The summed E-state index contributed by atoms with van der Waals surface area (Å²) in [7, 11) is 0. The molecule has 1 fully saturated rings. The molecular formula is C16H35Cl2N3O2. The van der Waals surface area contributed by atoms with Crippen molar-refractivity contribution in [2.75, 3.05) is 39.4 Å². The molecule has 1 heterocycles. The maximum atomic E-state index is 12.5. The Balaban J connectivity index is 0. The lowest BCUT2D eigenvalue weighted by molar-refractivity contribution is -0.136. The summed E-state index contributed by atoms with van der Waals surface area (Å²) in [5.74, 6) is 0.114. The third-order valence-electron chi connectivity index (χ3n) is 4.71.